The number of alkyl halides is 2. The highest BCUT2D eigenvalue weighted by Gasteiger charge is 2.52. The lowest BCUT2D eigenvalue weighted by Gasteiger charge is -2.34. The minimum absolute atomic E-state index is 0.174. The number of aromatic nitrogens is 2. The lowest BCUT2D eigenvalue weighted by Crippen LogP contribution is -2.57. The molecule has 6 atom stereocenters. The van der Waals surface area contributed by atoms with Gasteiger partial charge in [0.05, 0.1) is 24.7 Å². The first kappa shape index (κ1) is 34.6. The number of alkyl carbamates (subject to hydrolysis) is 1. The van der Waals surface area contributed by atoms with Gasteiger partial charge in [0.15, 0.2) is 5.69 Å². The summed E-state index contributed by atoms with van der Waals surface area (Å²) in [7, 11) is 1.45. The lowest BCUT2D eigenvalue weighted by atomic mass is 9.85. The summed E-state index contributed by atoms with van der Waals surface area (Å²) in [5.41, 5.74) is -1.17. The van der Waals surface area contributed by atoms with Gasteiger partial charge in [-0.15, -0.1) is 13.2 Å². The highest BCUT2D eigenvalue weighted by molar-refractivity contribution is 5.90. The average molecular weight is 645 g/mol. The van der Waals surface area contributed by atoms with Crippen LogP contribution >= 0.6 is 0 Å². The van der Waals surface area contributed by atoms with Gasteiger partial charge >= 0.3 is 12.1 Å². The van der Waals surface area contributed by atoms with E-state index in [1.807, 2.05) is 0 Å². The first-order chi connectivity index (χ1) is 21.6. The molecule has 1 aromatic heterocycles. The second kappa shape index (κ2) is 13.6. The number of benzene rings is 1. The fourth-order valence-corrected chi connectivity index (χ4v) is 5.85. The van der Waals surface area contributed by atoms with Crippen molar-refractivity contribution in [2.24, 2.45) is 17.3 Å². The summed E-state index contributed by atoms with van der Waals surface area (Å²) in [5, 5.41) is 12.9. The number of allylic oxidation sites excluding steroid dienone is 2. The third-order valence-corrected chi connectivity index (χ3v) is 8.41. The van der Waals surface area contributed by atoms with Crippen LogP contribution in [-0.4, -0.2) is 75.9 Å². The Labute approximate surface area is 267 Å². The first-order valence-corrected chi connectivity index (χ1v) is 15.3. The number of carbonyl (C=O) groups excluding carboxylic acids is 2. The first-order valence-electron chi connectivity index (χ1n) is 15.3. The molecule has 2 N–H and O–H groups in total. The fraction of sp³-hybridized carbons (Fsp3) is 0.545. The van der Waals surface area contributed by atoms with Crippen LogP contribution in [-0.2, 0) is 20.2 Å². The third-order valence-electron chi connectivity index (χ3n) is 8.41. The molecule has 2 aromatic rings. The molecule has 4 rings (SSSR count). The van der Waals surface area contributed by atoms with Gasteiger partial charge in [-0.05, 0) is 36.8 Å². The van der Waals surface area contributed by atoms with Crippen LogP contribution in [0.15, 0.2) is 43.5 Å². The molecule has 0 spiro atoms. The maximum atomic E-state index is 15.4. The maximum Gasteiger partial charge on any atom is 0.408 e. The van der Waals surface area contributed by atoms with E-state index in [1.165, 1.54) is 19.2 Å². The van der Waals surface area contributed by atoms with Crippen LogP contribution in [0.25, 0.3) is 11.0 Å². The Bertz CT molecular complexity index is 1490. The van der Waals surface area contributed by atoms with E-state index >= 15 is 8.78 Å². The van der Waals surface area contributed by atoms with Crippen molar-refractivity contribution in [3.05, 3.63) is 49.2 Å². The summed E-state index contributed by atoms with van der Waals surface area (Å²) in [6, 6.07) is 2.06. The normalized spacial score (nSPS) is 23.4. The summed E-state index contributed by atoms with van der Waals surface area (Å²) in [6.07, 6.45) is 1.58. The minimum atomic E-state index is -3.51. The number of carbonyl (C=O) groups is 3. The van der Waals surface area contributed by atoms with Crippen molar-refractivity contribution in [2.45, 2.75) is 83.6 Å². The summed E-state index contributed by atoms with van der Waals surface area (Å²) in [4.78, 5) is 49.2. The fourth-order valence-electron chi connectivity index (χ4n) is 5.85. The van der Waals surface area contributed by atoms with Gasteiger partial charge in [0.1, 0.15) is 30.0 Å². The Hall–Kier alpha value is -4.29. The molecule has 2 fully saturated rings. The molecule has 0 bridgehead atoms. The molecule has 0 radical (unpaired) electrons. The number of methoxy groups -OCH3 is 1. The van der Waals surface area contributed by atoms with Gasteiger partial charge in [0.25, 0.3) is 5.92 Å². The van der Waals surface area contributed by atoms with E-state index in [0.29, 0.717) is 18.6 Å². The SMILES string of the molecule is C=CCC1CC1OC(=O)NC(C(=O)N1CC(Oc2nc3cc(OC)ccc3nc2C(F)(F)CC=C)C(CC)C1C(=O)O)C(C)(C)C. The summed E-state index contributed by atoms with van der Waals surface area (Å²) in [6.45, 7) is 13.8. The Morgan fingerprint density at radius 3 is 2.46 bits per heavy atom. The van der Waals surface area contributed by atoms with Crippen molar-refractivity contribution in [3.8, 4) is 11.6 Å². The molecule has 6 unspecified atom stereocenters. The third kappa shape index (κ3) is 7.39. The summed E-state index contributed by atoms with van der Waals surface area (Å²) >= 11 is 0. The van der Waals surface area contributed by atoms with E-state index < -0.39 is 71.4 Å². The Balaban J connectivity index is 1.67. The molecule has 1 saturated heterocycles. The highest BCUT2D eigenvalue weighted by atomic mass is 19.3. The average Bonchev–Trinajstić information content (AvgIpc) is 3.59. The number of amides is 2. The predicted molar refractivity (Wildman–Crippen MR) is 166 cm³/mol. The van der Waals surface area contributed by atoms with Crippen molar-refractivity contribution < 1.29 is 42.5 Å². The number of carboxylic acid groups (broad SMARTS) is 1. The van der Waals surface area contributed by atoms with Crippen molar-refractivity contribution in [1.82, 2.24) is 20.2 Å². The molecule has 2 aliphatic rings. The number of hydrogen-bond donors (Lipinski definition) is 2. The topological polar surface area (TPSA) is 140 Å². The van der Waals surface area contributed by atoms with Crippen LogP contribution in [0.2, 0.25) is 0 Å². The molecule has 11 nitrogen and oxygen atoms in total. The van der Waals surface area contributed by atoms with Crippen LogP contribution in [0.3, 0.4) is 0 Å². The number of carboxylic acids is 1. The molecule has 1 aromatic carbocycles. The molecule has 1 aliphatic carbocycles. The molecular formula is C33H42F2N4O7. The van der Waals surface area contributed by atoms with Crippen molar-refractivity contribution >= 4 is 29.0 Å². The zero-order chi connectivity index (χ0) is 34.0. The monoisotopic (exact) mass is 644 g/mol. The van der Waals surface area contributed by atoms with E-state index in [0.717, 1.165) is 11.0 Å². The Morgan fingerprint density at radius 2 is 1.87 bits per heavy atom. The molecule has 13 heteroatoms. The van der Waals surface area contributed by atoms with Crippen LogP contribution in [0.5, 0.6) is 11.6 Å². The van der Waals surface area contributed by atoms with Gasteiger partial charge in [-0.1, -0.05) is 39.8 Å². The Kier molecular flexibility index (Phi) is 10.2. The molecule has 250 valence electrons. The number of fused-ring (bicyclic) bond motifs is 1. The van der Waals surface area contributed by atoms with Crippen molar-refractivity contribution in [2.75, 3.05) is 13.7 Å². The van der Waals surface area contributed by atoms with E-state index in [9.17, 15) is 19.5 Å². The molecule has 1 aliphatic heterocycles. The molecule has 2 heterocycles. The van der Waals surface area contributed by atoms with Crippen molar-refractivity contribution in [3.63, 3.8) is 0 Å². The van der Waals surface area contributed by atoms with Crippen LogP contribution in [0, 0.1) is 17.3 Å². The second-order valence-corrected chi connectivity index (χ2v) is 12.8. The van der Waals surface area contributed by atoms with Crippen LogP contribution in [0.1, 0.15) is 59.1 Å². The van der Waals surface area contributed by atoms with Gasteiger partial charge in [0, 0.05) is 24.3 Å². The van der Waals surface area contributed by atoms with Gasteiger partial charge in [0.2, 0.25) is 11.8 Å². The van der Waals surface area contributed by atoms with E-state index in [2.05, 4.69) is 28.4 Å². The van der Waals surface area contributed by atoms with Gasteiger partial charge in [-0.3, -0.25) is 4.79 Å². The van der Waals surface area contributed by atoms with Crippen molar-refractivity contribution in [1.29, 1.82) is 0 Å². The minimum Gasteiger partial charge on any atom is -0.497 e. The standard InChI is InChI=1S/C33H42F2N4O7/c1-8-11-18-15-23(18)46-31(43)38-27(32(4,5)6)29(40)39-17-24(20(10-3)25(39)30(41)42)45-28-26(33(34,35)14-9-2)36-21-13-12-19(44-7)16-22(21)37-28/h8-9,12-13,16,18,20,23-25,27H,1-2,10-11,14-15,17H2,3-7H3,(H,38,43)(H,41,42). The number of likely N-dealkylation sites (tertiary alicyclic amines) is 1. The molecular weight excluding hydrogens is 602 g/mol. The molecule has 46 heavy (non-hydrogen) atoms. The predicted octanol–water partition coefficient (Wildman–Crippen LogP) is 5.48. The lowest BCUT2D eigenvalue weighted by molar-refractivity contribution is -0.151. The Morgan fingerprint density at radius 1 is 1.15 bits per heavy atom. The highest BCUT2D eigenvalue weighted by Crippen LogP contribution is 2.40. The number of nitrogens with one attached hydrogen (secondary N) is 1. The van der Waals surface area contributed by atoms with Crippen LogP contribution < -0.4 is 14.8 Å². The summed E-state index contributed by atoms with van der Waals surface area (Å²) < 4.78 is 47.6. The number of rotatable bonds is 13. The quantitative estimate of drug-likeness (QED) is 0.271. The van der Waals surface area contributed by atoms with Gasteiger partial charge in [-0.25, -0.2) is 19.6 Å². The van der Waals surface area contributed by atoms with Crippen LogP contribution in [0.4, 0.5) is 13.6 Å². The zero-order valence-electron chi connectivity index (χ0n) is 26.8. The largest absolute Gasteiger partial charge is 0.497 e. The van der Waals surface area contributed by atoms with E-state index in [1.54, 1.807) is 39.8 Å². The number of aliphatic carboxylic acids is 1. The number of nitrogens with zero attached hydrogens (tertiary/aromatic N) is 3. The number of hydrogen-bond acceptors (Lipinski definition) is 8. The number of ether oxygens (including phenoxy) is 3. The smallest absolute Gasteiger partial charge is 0.408 e. The van der Waals surface area contributed by atoms with Gasteiger partial charge < -0.3 is 29.5 Å². The van der Waals surface area contributed by atoms with Gasteiger partial charge in [-0.2, -0.15) is 8.78 Å². The second-order valence-electron chi connectivity index (χ2n) is 12.8. The molecule has 2 amide bonds. The molecule has 1 saturated carbocycles. The zero-order valence-corrected chi connectivity index (χ0v) is 26.8. The van der Waals surface area contributed by atoms with E-state index in [4.69, 9.17) is 14.2 Å². The number of halogens is 2. The maximum absolute atomic E-state index is 15.4. The van der Waals surface area contributed by atoms with E-state index in [-0.39, 0.29) is 36.0 Å². The summed E-state index contributed by atoms with van der Waals surface area (Å²) in [5.74, 6) is -6.15.